The van der Waals surface area contributed by atoms with Crippen LogP contribution in [0.25, 0.3) is 0 Å². The maximum Gasteiger partial charge on any atom is 0.121 e. The minimum absolute atomic E-state index is 0.317. The van der Waals surface area contributed by atoms with Crippen molar-refractivity contribution >= 4 is 0 Å². The number of hydrogen-bond donors (Lipinski definition) is 0. The molecule has 0 nitrogen and oxygen atoms in total. The van der Waals surface area contributed by atoms with Gasteiger partial charge >= 0.3 is 0 Å². The van der Waals surface area contributed by atoms with Crippen molar-refractivity contribution in [3.8, 4) is 0 Å². The summed E-state index contributed by atoms with van der Waals surface area (Å²) in [6, 6.07) is 0. The minimum atomic E-state index is -0.331. The quantitative estimate of drug-likeness (QED) is 0.538. The van der Waals surface area contributed by atoms with Crippen molar-refractivity contribution in [3.63, 3.8) is 0 Å². The second-order valence-electron chi connectivity index (χ2n) is 2.46. The van der Waals surface area contributed by atoms with E-state index in [0.29, 0.717) is 5.57 Å². The molecular formula is C9H12F2. The minimum Gasteiger partial charge on any atom is -0.212 e. The summed E-state index contributed by atoms with van der Waals surface area (Å²) >= 11 is 0. The smallest absolute Gasteiger partial charge is 0.121 e. The Hall–Kier alpha value is -0.920. The van der Waals surface area contributed by atoms with Crippen molar-refractivity contribution in [2.75, 3.05) is 0 Å². The predicted molar refractivity (Wildman–Crippen MR) is 43.5 cm³/mol. The van der Waals surface area contributed by atoms with Gasteiger partial charge in [-0.25, -0.2) is 8.78 Å². The molecule has 0 atom stereocenters. The van der Waals surface area contributed by atoms with Crippen LogP contribution >= 0.6 is 0 Å². The standard InChI is InChI=1S/C9H12F2/c1-7(2)9(11)6-4-5-8(3)10/h4-6H,1-3H3/b6-4-,8-5+. The largest absolute Gasteiger partial charge is 0.212 e. The van der Waals surface area contributed by atoms with E-state index in [4.69, 9.17) is 0 Å². The summed E-state index contributed by atoms with van der Waals surface area (Å²) in [4.78, 5) is 0. The van der Waals surface area contributed by atoms with Crippen molar-refractivity contribution in [2.45, 2.75) is 20.8 Å². The molecule has 0 aliphatic rings. The summed E-state index contributed by atoms with van der Waals surface area (Å²) in [7, 11) is 0. The van der Waals surface area contributed by atoms with E-state index < -0.39 is 0 Å². The fourth-order valence-corrected chi connectivity index (χ4v) is 0.432. The zero-order valence-corrected chi connectivity index (χ0v) is 6.99. The summed E-state index contributed by atoms with van der Waals surface area (Å²) in [5, 5.41) is 0. The molecular weight excluding hydrogens is 146 g/mol. The van der Waals surface area contributed by atoms with Crippen molar-refractivity contribution in [1.29, 1.82) is 0 Å². The highest BCUT2D eigenvalue weighted by molar-refractivity contribution is 5.20. The van der Waals surface area contributed by atoms with E-state index in [1.54, 1.807) is 13.8 Å². The first-order valence-corrected chi connectivity index (χ1v) is 3.37. The average Bonchev–Trinajstić information content (AvgIpc) is 1.86. The summed E-state index contributed by atoms with van der Waals surface area (Å²) in [5.74, 6) is -0.648. The van der Waals surface area contributed by atoms with Crippen LogP contribution in [0.3, 0.4) is 0 Å². The van der Waals surface area contributed by atoms with Gasteiger partial charge in [0.15, 0.2) is 0 Å². The lowest BCUT2D eigenvalue weighted by Gasteiger charge is -1.88. The predicted octanol–water partition coefficient (Wildman–Crippen LogP) is 3.68. The Kier molecular flexibility index (Phi) is 4.42. The van der Waals surface area contributed by atoms with Crippen LogP contribution in [0.2, 0.25) is 0 Å². The van der Waals surface area contributed by atoms with Crippen molar-refractivity contribution in [1.82, 2.24) is 0 Å². The van der Waals surface area contributed by atoms with E-state index in [1.807, 2.05) is 0 Å². The van der Waals surface area contributed by atoms with E-state index in [1.165, 1.54) is 25.2 Å². The molecule has 0 aromatic carbocycles. The van der Waals surface area contributed by atoms with Crippen LogP contribution in [0.1, 0.15) is 20.8 Å². The van der Waals surface area contributed by atoms with Crippen LogP contribution in [0, 0.1) is 0 Å². The molecule has 0 N–H and O–H groups in total. The maximum absolute atomic E-state index is 12.6. The molecule has 11 heavy (non-hydrogen) atoms. The second kappa shape index (κ2) is 4.83. The third-order valence-corrected chi connectivity index (χ3v) is 1.05. The first-order chi connectivity index (χ1) is 5.04. The van der Waals surface area contributed by atoms with Crippen molar-refractivity contribution in [3.05, 3.63) is 35.5 Å². The van der Waals surface area contributed by atoms with Gasteiger partial charge in [0.2, 0.25) is 0 Å². The average molecular weight is 158 g/mol. The van der Waals surface area contributed by atoms with Gasteiger partial charge in [0.1, 0.15) is 5.83 Å². The first kappa shape index (κ1) is 10.1. The second-order valence-corrected chi connectivity index (χ2v) is 2.46. The summed E-state index contributed by atoms with van der Waals surface area (Å²) < 4.78 is 24.6. The molecule has 0 fully saturated rings. The topological polar surface area (TPSA) is 0 Å². The van der Waals surface area contributed by atoms with Crippen LogP contribution in [0.4, 0.5) is 8.78 Å². The van der Waals surface area contributed by atoms with Crippen molar-refractivity contribution < 1.29 is 8.78 Å². The zero-order valence-electron chi connectivity index (χ0n) is 6.99. The molecule has 0 unspecified atom stereocenters. The van der Waals surface area contributed by atoms with Crippen LogP contribution in [-0.2, 0) is 0 Å². The van der Waals surface area contributed by atoms with Crippen LogP contribution in [-0.4, -0.2) is 0 Å². The summed E-state index contributed by atoms with van der Waals surface area (Å²) in [5.41, 5.74) is 0.589. The van der Waals surface area contributed by atoms with Gasteiger partial charge in [-0.05, 0) is 38.5 Å². The van der Waals surface area contributed by atoms with Gasteiger partial charge in [-0.2, -0.15) is 0 Å². The Balaban J connectivity index is 4.16. The Morgan fingerprint density at radius 2 is 1.64 bits per heavy atom. The first-order valence-electron chi connectivity index (χ1n) is 3.37. The number of rotatable bonds is 2. The molecule has 0 spiro atoms. The van der Waals surface area contributed by atoms with Crippen LogP contribution in [0.5, 0.6) is 0 Å². The molecule has 0 aliphatic carbocycles. The number of allylic oxidation sites excluding steroid dienone is 6. The Morgan fingerprint density at radius 1 is 1.09 bits per heavy atom. The third-order valence-electron chi connectivity index (χ3n) is 1.05. The van der Waals surface area contributed by atoms with Gasteiger partial charge in [0, 0.05) is 0 Å². The zero-order chi connectivity index (χ0) is 8.85. The normalized spacial score (nSPS) is 12.3. The molecule has 0 heterocycles. The van der Waals surface area contributed by atoms with E-state index in [-0.39, 0.29) is 11.7 Å². The molecule has 0 bridgehead atoms. The van der Waals surface area contributed by atoms with Gasteiger partial charge in [-0.15, -0.1) is 0 Å². The van der Waals surface area contributed by atoms with Gasteiger partial charge in [-0.1, -0.05) is 6.08 Å². The molecule has 2 heteroatoms. The van der Waals surface area contributed by atoms with Crippen molar-refractivity contribution in [2.24, 2.45) is 0 Å². The summed E-state index contributed by atoms with van der Waals surface area (Å²) in [6.07, 6.45) is 3.79. The Labute approximate surface area is 65.9 Å². The van der Waals surface area contributed by atoms with Gasteiger partial charge in [0.25, 0.3) is 0 Å². The van der Waals surface area contributed by atoms with Gasteiger partial charge in [0.05, 0.1) is 5.83 Å². The third kappa shape index (κ3) is 5.52. The lowest BCUT2D eigenvalue weighted by atomic mass is 10.3. The lowest BCUT2D eigenvalue weighted by Crippen LogP contribution is -1.70. The molecule has 0 aliphatic heterocycles. The SMILES string of the molecule is CC(C)=C(F)/C=C\C=C(/C)F. The molecule has 0 radical (unpaired) electrons. The molecule has 0 saturated carbocycles. The van der Waals surface area contributed by atoms with E-state index in [9.17, 15) is 8.78 Å². The van der Waals surface area contributed by atoms with Gasteiger partial charge < -0.3 is 0 Å². The van der Waals surface area contributed by atoms with E-state index in [0.717, 1.165) is 0 Å². The molecule has 0 saturated heterocycles. The highest BCUT2D eigenvalue weighted by Crippen LogP contribution is 2.06. The summed E-state index contributed by atoms with van der Waals surface area (Å²) in [6.45, 7) is 4.63. The monoisotopic (exact) mass is 158 g/mol. The molecule has 0 rings (SSSR count). The molecule has 0 aromatic rings. The molecule has 62 valence electrons. The highest BCUT2D eigenvalue weighted by atomic mass is 19.1. The Morgan fingerprint density at radius 3 is 2.00 bits per heavy atom. The number of hydrogen-bond acceptors (Lipinski definition) is 0. The molecule has 0 aromatic heterocycles. The lowest BCUT2D eigenvalue weighted by molar-refractivity contribution is 0.640. The maximum atomic E-state index is 12.6. The Bertz CT molecular complexity index is 202. The molecule has 0 amide bonds. The van der Waals surface area contributed by atoms with Gasteiger partial charge in [-0.3, -0.25) is 0 Å². The fourth-order valence-electron chi connectivity index (χ4n) is 0.432. The van der Waals surface area contributed by atoms with E-state index >= 15 is 0 Å². The van der Waals surface area contributed by atoms with E-state index in [2.05, 4.69) is 0 Å². The van der Waals surface area contributed by atoms with Crippen LogP contribution in [0.15, 0.2) is 35.5 Å². The number of halogens is 2. The highest BCUT2D eigenvalue weighted by Gasteiger charge is 1.88. The van der Waals surface area contributed by atoms with Crippen LogP contribution < -0.4 is 0 Å². The fraction of sp³-hybridized carbons (Fsp3) is 0.333.